The third-order valence-electron chi connectivity index (χ3n) is 5.83. The minimum Gasteiger partial charge on any atom is -0.492 e. The fraction of sp³-hybridized carbons (Fsp3) is 0.138. The number of hydrogen-bond acceptors (Lipinski definition) is 2. The van der Waals surface area contributed by atoms with Crippen molar-refractivity contribution in [3.63, 3.8) is 0 Å². The topological polar surface area (TPSA) is 27.1 Å². The Hall–Kier alpha value is -3.56. The molecule has 5 rings (SSSR count). The third-order valence-corrected chi connectivity index (χ3v) is 6.14. The van der Waals surface area contributed by atoms with Gasteiger partial charge in [-0.15, -0.1) is 0 Å². The molecule has 0 aliphatic rings. The number of benzene rings is 4. The monoisotopic (exact) mass is 452 g/mol. The first-order chi connectivity index (χ1) is 16.3. The predicted octanol–water partition coefficient (Wildman–Crippen LogP) is 7.34. The summed E-state index contributed by atoms with van der Waals surface area (Å²) in [7, 11) is 0. The van der Waals surface area contributed by atoms with E-state index in [1.807, 2.05) is 30.3 Å². The summed E-state index contributed by atoms with van der Waals surface area (Å²) in [6.45, 7) is 1.38. The maximum atomic E-state index is 6.24. The van der Waals surface area contributed by atoms with Gasteiger partial charge in [-0.1, -0.05) is 96.5 Å². The molecule has 0 aliphatic heterocycles. The fourth-order valence-corrected chi connectivity index (χ4v) is 4.49. The van der Waals surface area contributed by atoms with Gasteiger partial charge in [-0.05, 0) is 41.8 Å². The minimum atomic E-state index is 0.0456. The van der Waals surface area contributed by atoms with Gasteiger partial charge in [-0.2, -0.15) is 0 Å². The van der Waals surface area contributed by atoms with E-state index in [0.29, 0.717) is 11.6 Å². The van der Waals surface area contributed by atoms with Gasteiger partial charge in [0.2, 0.25) is 0 Å². The van der Waals surface area contributed by atoms with Crippen LogP contribution in [0.5, 0.6) is 5.75 Å². The molecular weight excluding hydrogens is 428 g/mol. The Morgan fingerprint density at radius 3 is 2.03 bits per heavy atom. The molecule has 33 heavy (non-hydrogen) atoms. The van der Waals surface area contributed by atoms with Crippen LogP contribution in [0.2, 0.25) is 5.02 Å². The molecule has 3 nitrogen and oxygen atoms in total. The van der Waals surface area contributed by atoms with E-state index in [1.54, 1.807) is 0 Å². The molecule has 1 heterocycles. The van der Waals surface area contributed by atoms with Crippen LogP contribution in [-0.4, -0.2) is 16.2 Å². The number of fused-ring (bicyclic) bond motifs is 1. The number of rotatable bonds is 8. The van der Waals surface area contributed by atoms with Crippen LogP contribution in [0.25, 0.3) is 11.0 Å². The summed E-state index contributed by atoms with van der Waals surface area (Å²) in [5.41, 5.74) is 4.61. The lowest BCUT2D eigenvalue weighted by Gasteiger charge is -2.20. The van der Waals surface area contributed by atoms with Crippen LogP contribution >= 0.6 is 11.6 Å². The van der Waals surface area contributed by atoms with Crippen molar-refractivity contribution in [1.29, 1.82) is 0 Å². The molecule has 0 unspecified atom stereocenters. The number of para-hydroxylation sites is 3. The van der Waals surface area contributed by atoms with Crippen molar-refractivity contribution in [2.45, 2.75) is 18.9 Å². The summed E-state index contributed by atoms with van der Waals surface area (Å²) in [5, 5.41) is 0.638. The van der Waals surface area contributed by atoms with Crippen molar-refractivity contribution < 1.29 is 4.74 Å². The molecule has 1 aromatic heterocycles. The van der Waals surface area contributed by atoms with E-state index in [9.17, 15) is 0 Å². The number of nitrogens with zero attached hydrogens (tertiary/aromatic N) is 2. The number of hydrogen-bond donors (Lipinski definition) is 0. The molecule has 0 bridgehead atoms. The Balaban J connectivity index is 1.49. The fourth-order valence-electron chi connectivity index (χ4n) is 4.30. The van der Waals surface area contributed by atoms with E-state index >= 15 is 0 Å². The van der Waals surface area contributed by atoms with Crippen molar-refractivity contribution in [2.24, 2.45) is 0 Å². The summed E-state index contributed by atoms with van der Waals surface area (Å²) < 4.78 is 8.29. The Kier molecular flexibility index (Phi) is 6.41. The van der Waals surface area contributed by atoms with Crippen molar-refractivity contribution in [3.8, 4) is 5.75 Å². The molecule has 4 aromatic carbocycles. The average molecular weight is 453 g/mol. The van der Waals surface area contributed by atoms with E-state index in [2.05, 4.69) is 83.4 Å². The van der Waals surface area contributed by atoms with Crippen LogP contribution in [0.3, 0.4) is 0 Å². The van der Waals surface area contributed by atoms with Gasteiger partial charge in [-0.25, -0.2) is 4.98 Å². The molecule has 0 radical (unpaired) electrons. The predicted molar refractivity (Wildman–Crippen MR) is 135 cm³/mol. The van der Waals surface area contributed by atoms with Gasteiger partial charge in [0.1, 0.15) is 11.6 Å². The summed E-state index contributed by atoms with van der Waals surface area (Å²) in [6.07, 6.45) is 0.842. The van der Waals surface area contributed by atoms with Crippen LogP contribution in [0, 0.1) is 0 Å². The molecule has 0 saturated carbocycles. The second kappa shape index (κ2) is 9.93. The van der Waals surface area contributed by atoms with E-state index in [0.717, 1.165) is 35.6 Å². The average Bonchev–Trinajstić information content (AvgIpc) is 3.22. The molecule has 164 valence electrons. The van der Waals surface area contributed by atoms with Crippen molar-refractivity contribution in [1.82, 2.24) is 9.55 Å². The molecule has 4 heteroatoms. The highest BCUT2D eigenvalue weighted by molar-refractivity contribution is 6.32. The summed E-state index contributed by atoms with van der Waals surface area (Å²) in [4.78, 5) is 5.12. The normalized spacial score (nSPS) is 11.2. The van der Waals surface area contributed by atoms with Gasteiger partial charge in [0.15, 0.2) is 0 Å². The molecule has 0 saturated heterocycles. The Morgan fingerprint density at radius 2 is 1.33 bits per heavy atom. The van der Waals surface area contributed by atoms with Crippen LogP contribution in [0.1, 0.15) is 29.3 Å². The standard InChI is InChI=1S/C29H25ClN2O/c30-24-16-7-10-19-27(24)33-21-11-20-32-26-18-9-8-17-25(26)31-29(32)28(22-12-3-1-4-13-22)23-14-5-2-6-15-23/h1-10,12-19,28H,11,20-21H2. The van der Waals surface area contributed by atoms with Crippen LogP contribution in [-0.2, 0) is 6.54 Å². The molecule has 0 amide bonds. The highest BCUT2D eigenvalue weighted by Crippen LogP contribution is 2.33. The highest BCUT2D eigenvalue weighted by Gasteiger charge is 2.23. The van der Waals surface area contributed by atoms with Crippen LogP contribution in [0.15, 0.2) is 109 Å². The lowest BCUT2D eigenvalue weighted by Crippen LogP contribution is -2.13. The van der Waals surface area contributed by atoms with Crippen molar-refractivity contribution in [2.75, 3.05) is 6.61 Å². The van der Waals surface area contributed by atoms with E-state index < -0.39 is 0 Å². The molecule has 0 N–H and O–H groups in total. The zero-order valence-corrected chi connectivity index (χ0v) is 19.0. The quantitative estimate of drug-likeness (QED) is 0.230. The molecule has 0 fully saturated rings. The molecule has 5 aromatic rings. The second-order valence-electron chi connectivity index (χ2n) is 8.00. The molecule has 0 atom stereocenters. The van der Waals surface area contributed by atoms with Gasteiger partial charge < -0.3 is 9.30 Å². The van der Waals surface area contributed by atoms with Crippen molar-refractivity contribution in [3.05, 3.63) is 131 Å². The molecule has 0 spiro atoms. The maximum Gasteiger partial charge on any atom is 0.137 e. The number of aromatic nitrogens is 2. The summed E-state index contributed by atoms with van der Waals surface area (Å²) >= 11 is 6.24. The van der Waals surface area contributed by atoms with Gasteiger partial charge in [0, 0.05) is 6.54 Å². The Morgan fingerprint density at radius 1 is 0.727 bits per heavy atom. The SMILES string of the molecule is Clc1ccccc1OCCCn1c(C(c2ccccc2)c2ccccc2)nc2ccccc21. The number of ether oxygens (including phenoxy) is 1. The zero-order chi connectivity index (χ0) is 22.5. The lowest BCUT2D eigenvalue weighted by atomic mass is 9.90. The van der Waals surface area contributed by atoms with E-state index in [4.69, 9.17) is 21.3 Å². The van der Waals surface area contributed by atoms with Gasteiger partial charge in [-0.3, -0.25) is 0 Å². The summed E-state index contributed by atoms with van der Waals surface area (Å²) in [5.74, 6) is 1.82. The first-order valence-corrected chi connectivity index (χ1v) is 11.6. The smallest absolute Gasteiger partial charge is 0.137 e. The maximum absolute atomic E-state index is 6.24. The zero-order valence-electron chi connectivity index (χ0n) is 18.3. The number of aryl methyl sites for hydroxylation is 1. The minimum absolute atomic E-state index is 0.0456. The van der Waals surface area contributed by atoms with Crippen LogP contribution < -0.4 is 4.74 Å². The molecular formula is C29H25ClN2O. The summed E-state index contributed by atoms with van der Waals surface area (Å²) in [6, 6.07) is 37.2. The van der Waals surface area contributed by atoms with Gasteiger partial charge >= 0.3 is 0 Å². The van der Waals surface area contributed by atoms with E-state index in [-0.39, 0.29) is 5.92 Å². The third kappa shape index (κ3) is 4.64. The first-order valence-electron chi connectivity index (χ1n) is 11.2. The number of imidazole rings is 1. The molecule has 0 aliphatic carbocycles. The van der Waals surface area contributed by atoms with Crippen LogP contribution in [0.4, 0.5) is 0 Å². The van der Waals surface area contributed by atoms with Gasteiger partial charge in [0.05, 0.1) is 28.6 Å². The lowest BCUT2D eigenvalue weighted by molar-refractivity contribution is 0.302. The second-order valence-corrected chi connectivity index (χ2v) is 8.40. The first kappa shape index (κ1) is 21.3. The van der Waals surface area contributed by atoms with E-state index in [1.165, 1.54) is 11.1 Å². The Bertz CT molecular complexity index is 1290. The number of halogens is 1. The Labute approximate surface area is 199 Å². The van der Waals surface area contributed by atoms with Crippen molar-refractivity contribution >= 4 is 22.6 Å². The van der Waals surface area contributed by atoms with Gasteiger partial charge in [0.25, 0.3) is 0 Å². The highest BCUT2D eigenvalue weighted by atomic mass is 35.5. The largest absolute Gasteiger partial charge is 0.492 e.